The van der Waals surface area contributed by atoms with Crippen LogP contribution in [0.3, 0.4) is 0 Å². The van der Waals surface area contributed by atoms with E-state index in [1.807, 2.05) is 19.9 Å². The van der Waals surface area contributed by atoms with Crippen molar-refractivity contribution in [3.63, 3.8) is 0 Å². The number of hydrogen-bond acceptors (Lipinski definition) is 2. The van der Waals surface area contributed by atoms with Crippen molar-refractivity contribution < 1.29 is 9.47 Å². The van der Waals surface area contributed by atoms with Gasteiger partial charge in [0.25, 0.3) is 0 Å². The first-order valence-electron chi connectivity index (χ1n) is 4.42. The van der Waals surface area contributed by atoms with Crippen LogP contribution in [0, 0.1) is 13.8 Å². The summed E-state index contributed by atoms with van der Waals surface area (Å²) in [6.07, 6.45) is 0. The fourth-order valence-corrected chi connectivity index (χ4v) is 1.72. The Morgan fingerprint density at radius 2 is 1.79 bits per heavy atom. The van der Waals surface area contributed by atoms with Gasteiger partial charge in [0.15, 0.2) is 0 Å². The van der Waals surface area contributed by atoms with Crippen LogP contribution in [-0.4, -0.2) is 14.2 Å². The average Bonchev–Trinajstić information content (AvgIpc) is 2.21. The summed E-state index contributed by atoms with van der Waals surface area (Å²) in [6, 6.07) is 1.92. The molecular formula is C11H15ClO2. The zero-order valence-electron chi connectivity index (χ0n) is 8.98. The summed E-state index contributed by atoms with van der Waals surface area (Å²) in [7, 11) is 3.32. The van der Waals surface area contributed by atoms with Crippen molar-refractivity contribution in [1.29, 1.82) is 0 Å². The fourth-order valence-electron chi connectivity index (χ4n) is 1.52. The molecule has 0 aliphatic carbocycles. The second kappa shape index (κ2) is 4.56. The Hall–Kier alpha value is -0.890. The lowest BCUT2D eigenvalue weighted by Gasteiger charge is -2.15. The van der Waals surface area contributed by atoms with Crippen LogP contribution in [0.2, 0.25) is 0 Å². The maximum Gasteiger partial charge on any atom is 0.126 e. The van der Waals surface area contributed by atoms with E-state index in [0.29, 0.717) is 5.88 Å². The fraction of sp³-hybridized carbons (Fsp3) is 0.455. The van der Waals surface area contributed by atoms with Crippen molar-refractivity contribution in [2.45, 2.75) is 19.7 Å². The van der Waals surface area contributed by atoms with Crippen LogP contribution < -0.4 is 9.47 Å². The third-order valence-electron chi connectivity index (χ3n) is 2.44. The molecule has 0 atom stereocenters. The molecule has 0 heterocycles. The van der Waals surface area contributed by atoms with Gasteiger partial charge in [-0.25, -0.2) is 0 Å². The minimum absolute atomic E-state index is 0.431. The minimum atomic E-state index is 0.431. The standard InChI is InChI=1S/C11H15ClO2/c1-7-8(2)11(14-4)9(6-12)5-10(7)13-3/h5H,6H2,1-4H3. The largest absolute Gasteiger partial charge is 0.496 e. The molecule has 3 heteroatoms. The van der Waals surface area contributed by atoms with Crippen LogP contribution in [-0.2, 0) is 5.88 Å². The molecule has 0 unspecified atom stereocenters. The van der Waals surface area contributed by atoms with Gasteiger partial charge in [0.1, 0.15) is 11.5 Å². The van der Waals surface area contributed by atoms with E-state index in [-0.39, 0.29) is 0 Å². The zero-order valence-corrected chi connectivity index (χ0v) is 9.73. The van der Waals surface area contributed by atoms with Gasteiger partial charge < -0.3 is 9.47 Å². The molecule has 0 spiro atoms. The van der Waals surface area contributed by atoms with E-state index in [9.17, 15) is 0 Å². The molecule has 0 bridgehead atoms. The second-order valence-corrected chi connectivity index (χ2v) is 3.42. The van der Waals surface area contributed by atoms with E-state index in [2.05, 4.69) is 0 Å². The van der Waals surface area contributed by atoms with Crippen LogP contribution in [0.1, 0.15) is 16.7 Å². The lowest BCUT2D eigenvalue weighted by Crippen LogP contribution is -1.98. The molecule has 2 nitrogen and oxygen atoms in total. The van der Waals surface area contributed by atoms with Gasteiger partial charge in [-0.1, -0.05) is 0 Å². The Labute approximate surface area is 89.8 Å². The lowest BCUT2D eigenvalue weighted by molar-refractivity contribution is 0.395. The van der Waals surface area contributed by atoms with E-state index < -0.39 is 0 Å². The van der Waals surface area contributed by atoms with Gasteiger partial charge in [-0.2, -0.15) is 0 Å². The van der Waals surface area contributed by atoms with E-state index in [1.165, 1.54) is 0 Å². The summed E-state index contributed by atoms with van der Waals surface area (Å²) in [5.74, 6) is 2.15. The van der Waals surface area contributed by atoms with Gasteiger partial charge in [0.2, 0.25) is 0 Å². The Balaban J connectivity index is 3.38. The van der Waals surface area contributed by atoms with Crippen molar-refractivity contribution in [2.24, 2.45) is 0 Å². The molecule has 0 amide bonds. The second-order valence-electron chi connectivity index (χ2n) is 3.15. The Morgan fingerprint density at radius 3 is 2.21 bits per heavy atom. The Kier molecular flexibility index (Phi) is 3.64. The highest BCUT2D eigenvalue weighted by Crippen LogP contribution is 2.33. The molecule has 0 N–H and O–H groups in total. The first-order chi connectivity index (χ1) is 6.65. The monoisotopic (exact) mass is 214 g/mol. The third kappa shape index (κ3) is 1.80. The highest BCUT2D eigenvalue weighted by Gasteiger charge is 2.12. The molecule has 0 saturated carbocycles. The molecule has 14 heavy (non-hydrogen) atoms. The van der Waals surface area contributed by atoms with Gasteiger partial charge in [0, 0.05) is 5.56 Å². The summed E-state index contributed by atoms with van der Waals surface area (Å²) in [4.78, 5) is 0. The molecule has 0 aromatic heterocycles. The van der Waals surface area contributed by atoms with Crippen LogP contribution >= 0.6 is 11.6 Å². The first kappa shape index (κ1) is 11.2. The molecule has 0 fully saturated rings. The maximum atomic E-state index is 5.83. The maximum absolute atomic E-state index is 5.83. The van der Waals surface area contributed by atoms with Crippen molar-refractivity contribution in [3.8, 4) is 11.5 Å². The summed E-state index contributed by atoms with van der Waals surface area (Å²) < 4.78 is 10.6. The van der Waals surface area contributed by atoms with Crippen LogP contribution in [0.25, 0.3) is 0 Å². The predicted molar refractivity (Wildman–Crippen MR) is 58.6 cm³/mol. The molecule has 0 saturated heterocycles. The van der Waals surface area contributed by atoms with Crippen molar-refractivity contribution in [3.05, 3.63) is 22.8 Å². The summed E-state index contributed by atoms with van der Waals surface area (Å²) in [5, 5.41) is 0. The summed E-state index contributed by atoms with van der Waals surface area (Å²) in [6.45, 7) is 4.02. The van der Waals surface area contributed by atoms with Gasteiger partial charge in [-0.05, 0) is 31.0 Å². The van der Waals surface area contributed by atoms with Crippen LogP contribution in [0.15, 0.2) is 6.07 Å². The number of methoxy groups -OCH3 is 2. The number of halogens is 1. The molecule has 1 rings (SSSR count). The molecule has 1 aromatic carbocycles. The number of benzene rings is 1. The van der Waals surface area contributed by atoms with E-state index in [4.69, 9.17) is 21.1 Å². The number of hydrogen-bond donors (Lipinski definition) is 0. The van der Waals surface area contributed by atoms with Gasteiger partial charge in [-0.15, -0.1) is 11.6 Å². The normalized spacial score (nSPS) is 10.1. The Morgan fingerprint density at radius 1 is 1.14 bits per heavy atom. The highest BCUT2D eigenvalue weighted by molar-refractivity contribution is 6.17. The first-order valence-corrected chi connectivity index (χ1v) is 4.96. The quantitative estimate of drug-likeness (QED) is 0.720. The SMILES string of the molecule is COc1cc(CCl)c(OC)c(C)c1C. The van der Waals surface area contributed by atoms with Crippen molar-refractivity contribution in [1.82, 2.24) is 0 Å². The molecule has 78 valence electrons. The molecule has 1 aromatic rings. The number of alkyl halides is 1. The molecule has 0 aliphatic rings. The average molecular weight is 215 g/mol. The smallest absolute Gasteiger partial charge is 0.126 e. The molecule has 0 aliphatic heterocycles. The zero-order chi connectivity index (χ0) is 10.7. The van der Waals surface area contributed by atoms with Crippen LogP contribution in [0.4, 0.5) is 0 Å². The summed E-state index contributed by atoms with van der Waals surface area (Å²) >= 11 is 5.83. The number of rotatable bonds is 3. The minimum Gasteiger partial charge on any atom is -0.496 e. The van der Waals surface area contributed by atoms with E-state index in [1.54, 1.807) is 14.2 Å². The molecular weight excluding hydrogens is 200 g/mol. The van der Waals surface area contributed by atoms with Crippen molar-refractivity contribution in [2.75, 3.05) is 14.2 Å². The summed E-state index contributed by atoms with van der Waals surface area (Å²) in [5.41, 5.74) is 3.15. The van der Waals surface area contributed by atoms with Gasteiger partial charge in [0.05, 0.1) is 20.1 Å². The van der Waals surface area contributed by atoms with Crippen molar-refractivity contribution >= 4 is 11.6 Å². The molecule has 0 radical (unpaired) electrons. The predicted octanol–water partition coefficient (Wildman–Crippen LogP) is 3.06. The lowest BCUT2D eigenvalue weighted by atomic mass is 10.0. The Bertz CT molecular complexity index is 335. The van der Waals surface area contributed by atoms with Gasteiger partial charge in [-0.3, -0.25) is 0 Å². The van der Waals surface area contributed by atoms with Gasteiger partial charge >= 0.3 is 0 Å². The topological polar surface area (TPSA) is 18.5 Å². The van der Waals surface area contributed by atoms with E-state index >= 15 is 0 Å². The number of ether oxygens (including phenoxy) is 2. The highest BCUT2D eigenvalue weighted by atomic mass is 35.5. The van der Waals surface area contributed by atoms with Crippen LogP contribution in [0.5, 0.6) is 11.5 Å². The third-order valence-corrected chi connectivity index (χ3v) is 2.73. The van der Waals surface area contributed by atoms with E-state index in [0.717, 1.165) is 28.2 Å².